The van der Waals surface area contributed by atoms with Gasteiger partial charge in [-0.2, -0.15) is 0 Å². The van der Waals surface area contributed by atoms with Crippen molar-refractivity contribution in [2.75, 3.05) is 105 Å². The zero-order valence-corrected chi connectivity index (χ0v) is 63.9. The molecule has 13 aromatic rings. The van der Waals surface area contributed by atoms with Crippen LogP contribution in [0.2, 0.25) is 0 Å². The first-order valence-corrected chi connectivity index (χ1v) is 38.3. The Labute approximate surface area is 645 Å². The van der Waals surface area contributed by atoms with Gasteiger partial charge in [0.05, 0.1) is 92.5 Å². The molecule has 1 unspecified atom stereocenters. The molecule has 113 heavy (non-hydrogen) atoms. The molecule has 2 saturated carbocycles. The van der Waals surface area contributed by atoms with Crippen LogP contribution in [0, 0.1) is 5.92 Å². The van der Waals surface area contributed by atoms with Gasteiger partial charge in [-0.25, -0.2) is 104 Å². The number of nitrogens with two attached hydrogens (primary N) is 3. The number of rotatable bonds is 11. The summed E-state index contributed by atoms with van der Waals surface area (Å²) in [6, 6.07) is 2.21. The number of alkyl halides is 1. The Balaban J connectivity index is 0.000000101. The third-order valence-electron chi connectivity index (χ3n) is 22.4. The molecule has 0 spiro atoms. The second kappa shape index (κ2) is 27.4. The predicted octanol–water partition coefficient (Wildman–Crippen LogP) is 6.64. The normalized spacial score (nSPS) is 20.9. The van der Waals surface area contributed by atoms with Crippen molar-refractivity contribution in [1.82, 2.24) is 123 Å². The van der Waals surface area contributed by atoms with Gasteiger partial charge in [0.1, 0.15) is 57.4 Å². The molecule has 0 bridgehead atoms. The summed E-state index contributed by atoms with van der Waals surface area (Å²) >= 11 is 0. The number of β-amino-alcohol motifs (C(OH)–C–C–N with tert-alkyl or cyclic N) is 1. The van der Waals surface area contributed by atoms with Crippen LogP contribution in [0.25, 0.3) is 101 Å². The highest BCUT2D eigenvalue weighted by Gasteiger charge is 2.50. The fourth-order valence-corrected chi connectivity index (χ4v) is 16.1. The topological polar surface area (TPSA) is 447 Å². The highest BCUT2D eigenvalue weighted by Crippen LogP contribution is 2.51. The smallest absolute Gasteiger partial charge is 0.219 e. The standard InChI is InChI=1S/C20H26N8O2.C19H20N8O2.C19H21N7O.C17H19FN8O/c1-20(2)18-24-14-16(27-6-4-5-13(27)11-29-3)25-15(12-9-22-19(21)23-10-12)26-17(14)28(18)7-8-30-20;1-19(2)18-23-13-16(26-7-11(28)8-26)24-14(25-17(13)27(18)3-4-29-19)10-5-12-15(20-6-10)22-9-21-12;1-19(12-4-5-12)17-24-14-13(10-2-3-10)23-15(11-8-21-18(20)22-9-11)25-16(14)26(17)6-7-27-19;1-17(2)15-22-11-13(25-7-10(18)8-25)23-12(9-5-20-16(19)21-6-9)24-14(11)26(15)3-4-27-17/h9-10,13H,4-8,11H2,1-3H3,(H2,21,22,23);5-6,9,11,28H,3-4,7-8H2,1-2H3,(H,20,21,22);8-10,12H,2-7H2,1H3,(H2,20,21,22);5-6,10H,3-4,7-8H2,1-2H3,(H2,19,20,21)/t;;19-;/m..0./s1. The Morgan fingerprint density at radius 2 is 0.903 bits per heavy atom. The van der Waals surface area contributed by atoms with Gasteiger partial charge in [0.15, 0.2) is 85.5 Å². The summed E-state index contributed by atoms with van der Waals surface area (Å²) in [6.07, 6.45) is 18.9. The van der Waals surface area contributed by atoms with E-state index in [0.717, 1.165) is 135 Å². The number of anilines is 6. The zero-order chi connectivity index (χ0) is 77.6. The lowest BCUT2D eigenvalue weighted by molar-refractivity contribution is -0.0829. The van der Waals surface area contributed by atoms with Gasteiger partial charge < -0.3 is 83.9 Å². The zero-order valence-electron chi connectivity index (χ0n) is 63.9. The molecule has 37 nitrogen and oxygen atoms in total. The number of methoxy groups -OCH3 is 1. The maximum atomic E-state index is 13.5. The number of ether oxygens (including phenoxy) is 5. The first-order valence-electron chi connectivity index (χ1n) is 38.3. The molecule has 22 rings (SSSR count). The summed E-state index contributed by atoms with van der Waals surface area (Å²) in [6.45, 7) is 22.7. The molecule has 0 amide bonds. The second-order valence-corrected chi connectivity index (χ2v) is 31.7. The number of nitrogens with zero attached hydrogens (tertiary/aromatic N) is 27. The number of imidazole rings is 5. The van der Waals surface area contributed by atoms with Crippen molar-refractivity contribution in [2.24, 2.45) is 5.92 Å². The molecule has 7 aliphatic heterocycles. The fourth-order valence-electron chi connectivity index (χ4n) is 16.1. The number of aromatic nitrogens is 25. The van der Waals surface area contributed by atoms with Gasteiger partial charge in [-0.05, 0) is 99.0 Å². The minimum absolute atomic E-state index is 0.184. The molecule has 0 radical (unpaired) electrons. The van der Waals surface area contributed by atoms with Crippen LogP contribution in [0.15, 0.2) is 55.8 Å². The van der Waals surface area contributed by atoms with Crippen molar-refractivity contribution in [3.63, 3.8) is 0 Å². The van der Waals surface area contributed by atoms with Crippen molar-refractivity contribution in [2.45, 2.75) is 160 Å². The van der Waals surface area contributed by atoms with E-state index in [2.05, 4.69) is 79.9 Å². The van der Waals surface area contributed by atoms with Gasteiger partial charge in [-0.15, -0.1) is 0 Å². The Morgan fingerprint density at radius 3 is 1.37 bits per heavy atom. The molecule has 5 fully saturated rings. The van der Waals surface area contributed by atoms with Gasteiger partial charge in [0.25, 0.3) is 0 Å². The average molecular weight is 1540 g/mol. The van der Waals surface area contributed by atoms with Crippen LogP contribution in [-0.2, 0) is 72.3 Å². The molecule has 2 aliphatic carbocycles. The summed E-state index contributed by atoms with van der Waals surface area (Å²) in [5.74, 6) is 9.61. The van der Waals surface area contributed by atoms with Crippen LogP contribution < -0.4 is 31.9 Å². The Morgan fingerprint density at radius 1 is 0.478 bits per heavy atom. The van der Waals surface area contributed by atoms with E-state index in [1.807, 2.05) is 57.4 Å². The summed E-state index contributed by atoms with van der Waals surface area (Å²) in [4.78, 5) is 101. The average Bonchev–Trinajstić information content (AvgIpc) is 1.61. The van der Waals surface area contributed by atoms with Gasteiger partial charge in [-0.3, -0.25) is 0 Å². The predicted molar refractivity (Wildman–Crippen MR) is 413 cm³/mol. The summed E-state index contributed by atoms with van der Waals surface area (Å²) in [5.41, 5.74) is 26.9. The van der Waals surface area contributed by atoms with Crippen molar-refractivity contribution in [3.8, 4) is 45.6 Å². The van der Waals surface area contributed by atoms with E-state index in [1.165, 1.54) is 12.8 Å². The number of H-pyrrole nitrogens is 1. The molecule has 13 aromatic heterocycles. The molecule has 2 atom stereocenters. The lowest BCUT2D eigenvalue weighted by Crippen LogP contribution is -2.51. The number of aliphatic hydroxyl groups is 1. The number of hydrogen-bond acceptors (Lipinski definition) is 32. The van der Waals surface area contributed by atoms with E-state index in [-0.39, 0.29) is 35.6 Å². The Kier molecular flexibility index (Phi) is 17.4. The third kappa shape index (κ3) is 13.0. The fraction of sp³-hybridized carbons (Fsp3) is 0.493. The second-order valence-electron chi connectivity index (χ2n) is 31.7. The van der Waals surface area contributed by atoms with E-state index in [4.69, 9.17) is 95.7 Å². The lowest BCUT2D eigenvalue weighted by Gasteiger charge is -2.36. The Hall–Kier alpha value is -11.5. The third-order valence-corrected chi connectivity index (χ3v) is 22.4. The highest BCUT2D eigenvalue weighted by atomic mass is 19.1. The van der Waals surface area contributed by atoms with Crippen molar-refractivity contribution in [3.05, 3.63) is 84.8 Å². The molecule has 0 aromatic carbocycles. The van der Waals surface area contributed by atoms with E-state index in [9.17, 15) is 9.50 Å². The van der Waals surface area contributed by atoms with Gasteiger partial charge in [0, 0.05) is 108 Å². The minimum Gasteiger partial charge on any atom is -0.389 e. The van der Waals surface area contributed by atoms with Gasteiger partial charge >= 0.3 is 0 Å². The van der Waals surface area contributed by atoms with E-state index in [0.29, 0.717) is 142 Å². The van der Waals surface area contributed by atoms with Crippen LogP contribution in [0.3, 0.4) is 0 Å². The number of aromatic amines is 1. The molecule has 38 heteroatoms. The van der Waals surface area contributed by atoms with Gasteiger partial charge in [0.2, 0.25) is 17.8 Å². The molecule has 8 N–H and O–H groups in total. The molecule has 3 saturated heterocycles. The van der Waals surface area contributed by atoms with Crippen LogP contribution in [0.1, 0.15) is 122 Å². The van der Waals surface area contributed by atoms with E-state index >= 15 is 0 Å². The monoisotopic (exact) mass is 1540 g/mol. The summed E-state index contributed by atoms with van der Waals surface area (Å²) in [7, 11) is 1.73. The number of halogens is 1. The first-order chi connectivity index (χ1) is 54.5. The minimum atomic E-state index is -0.852. The highest BCUT2D eigenvalue weighted by molar-refractivity contribution is 5.90. The lowest BCUT2D eigenvalue weighted by atomic mass is 9.98. The van der Waals surface area contributed by atoms with E-state index in [1.54, 1.807) is 56.8 Å². The quantitative estimate of drug-likeness (QED) is 0.0905. The van der Waals surface area contributed by atoms with Crippen molar-refractivity contribution in [1.29, 1.82) is 0 Å². The number of fused-ring (bicyclic) bond motifs is 13. The van der Waals surface area contributed by atoms with Crippen LogP contribution in [0.4, 0.5) is 39.7 Å². The first kappa shape index (κ1) is 71.8. The van der Waals surface area contributed by atoms with Crippen molar-refractivity contribution >= 4 is 91.1 Å². The molecule has 9 aliphatic rings. The Bertz CT molecular complexity index is 5830. The molecular formula is C75H86FN31O6. The largest absolute Gasteiger partial charge is 0.389 e. The number of hydrogen-bond donors (Lipinski definition) is 5. The van der Waals surface area contributed by atoms with Gasteiger partial charge in [-0.1, -0.05) is 0 Å². The summed E-state index contributed by atoms with van der Waals surface area (Å²) in [5, 5.41) is 9.83. The van der Waals surface area contributed by atoms with Crippen LogP contribution in [-0.4, -0.2) is 219 Å². The van der Waals surface area contributed by atoms with E-state index < -0.39 is 23.0 Å². The van der Waals surface area contributed by atoms with Crippen LogP contribution >= 0.6 is 0 Å². The number of aliphatic hydroxyl groups excluding tert-OH is 1. The molecule has 584 valence electrons. The maximum absolute atomic E-state index is 13.5. The molecule has 20 heterocycles. The SMILES string of the molecule is CC1(C)OCCn2c1nc1c(N3CC(F)C3)nc(-c3cnc(N)nc3)nc12.CC1(C)OCCn2c1nc1c(N3CC(O)C3)nc(-c3cnc4nc[nH]c4c3)nc12.COCC1CCCN1c1nc(-c2cnc(N)nc2)nc2c1nc1n2CCOC1(C)C.C[C@@]1(C2CC2)OCCn2c1nc1c(C3CC3)nc(-c3cnc(N)nc3)nc12. The number of pyridine rings is 1. The summed E-state index contributed by atoms with van der Waals surface area (Å²) < 4.78 is 51.5. The number of nitrogen functional groups attached to an aromatic ring is 3. The maximum Gasteiger partial charge on any atom is 0.219 e. The van der Waals surface area contributed by atoms with Crippen molar-refractivity contribution < 1.29 is 33.2 Å². The van der Waals surface area contributed by atoms with Crippen LogP contribution in [0.5, 0.6) is 0 Å². The molecular weight excluding hydrogens is 1450 g/mol. The number of nitrogens with one attached hydrogen (secondary N) is 1.